The third-order valence-corrected chi connectivity index (χ3v) is 3.35. The minimum Gasteiger partial charge on any atom is -0.490 e. The maximum absolute atomic E-state index is 5.97. The van der Waals surface area contributed by atoms with E-state index in [1.165, 1.54) is 0 Å². The van der Waals surface area contributed by atoms with Crippen LogP contribution in [0.1, 0.15) is 31.2 Å². The molecule has 2 rings (SSSR count). The third kappa shape index (κ3) is 2.89. The van der Waals surface area contributed by atoms with Crippen LogP contribution in [0, 0.1) is 6.92 Å². The number of benzene rings is 1. The Morgan fingerprint density at radius 3 is 2.94 bits per heavy atom. The molecular formula is C13H18ClNO. The summed E-state index contributed by atoms with van der Waals surface area (Å²) in [6.45, 7) is 2.04. The molecule has 3 heteroatoms. The van der Waals surface area contributed by atoms with Gasteiger partial charge in [0.15, 0.2) is 0 Å². The number of aryl methyl sites for hydroxylation is 1. The first-order valence-corrected chi connectivity index (χ1v) is 6.21. The molecule has 1 aromatic carbocycles. The summed E-state index contributed by atoms with van der Waals surface area (Å²) in [6.07, 6.45) is 4.58. The van der Waals surface area contributed by atoms with Crippen molar-refractivity contribution in [2.45, 2.75) is 44.8 Å². The SMILES string of the molecule is Cc1ccc(Cl)cc1OC1CCCC(N)C1. The molecule has 1 saturated carbocycles. The van der Waals surface area contributed by atoms with E-state index in [-0.39, 0.29) is 6.10 Å². The molecule has 2 nitrogen and oxygen atoms in total. The van der Waals surface area contributed by atoms with Crippen LogP contribution in [0.15, 0.2) is 18.2 Å². The highest BCUT2D eigenvalue weighted by Gasteiger charge is 2.21. The average molecular weight is 240 g/mol. The van der Waals surface area contributed by atoms with Crippen LogP contribution in [0.2, 0.25) is 5.02 Å². The lowest BCUT2D eigenvalue weighted by molar-refractivity contribution is 0.143. The van der Waals surface area contributed by atoms with Gasteiger partial charge in [0.05, 0.1) is 0 Å². The van der Waals surface area contributed by atoms with Crippen molar-refractivity contribution in [1.82, 2.24) is 0 Å². The van der Waals surface area contributed by atoms with E-state index in [1.54, 1.807) is 0 Å². The van der Waals surface area contributed by atoms with Gasteiger partial charge in [0.1, 0.15) is 11.9 Å². The van der Waals surface area contributed by atoms with E-state index in [0.717, 1.165) is 42.0 Å². The van der Waals surface area contributed by atoms with E-state index < -0.39 is 0 Å². The van der Waals surface area contributed by atoms with E-state index in [4.69, 9.17) is 22.1 Å². The predicted octanol–water partition coefficient (Wildman–Crippen LogP) is 3.30. The molecule has 0 radical (unpaired) electrons. The summed E-state index contributed by atoms with van der Waals surface area (Å²) >= 11 is 5.96. The molecule has 2 N–H and O–H groups in total. The van der Waals surface area contributed by atoms with Gasteiger partial charge >= 0.3 is 0 Å². The molecule has 1 fully saturated rings. The normalized spacial score (nSPS) is 25.4. The summed E-state index contributed by atoms with van der Waals surface area (Å²) in [4.78, 5) is 0. The van der Waals surface area contributed by atoms with Gasteiger partial charge in [0.2, 0.25) is 0 Å². The van der Waals surface area contributed by atoms with Crippen LogP contribution in [0.4, 0.5) is 0 Å². The van der Waals surface area contributed by atoms with E-state index in [1.807, 2.05) is 25.1 Å². The van der Waals surface area contributed by atoms with Gasteiger partial charge < -0.3 is 10.5 Å². The van der Waals surface area contributed by atoms with Gasteiger partial charge in [-0.15, -0.1) is 0 Å². The Morgan fingerprint density at radius 2 is 2.19 bits per heavy atom. The van der Waals surface area contributed by atoms with Crippen LogP contribution >= 0.6 is 11.6 Å². The Kier molecular flexibility index (Phi) is 3.72. The first-order chi connectivity index (χ1) is 7.65. The molecular weight excluding hydrogens is 222 g/mol. The average Bonchev–Trinajstić information content (AvgIpc) is 2.24. The predicted molar refractivity (Wildman–Crippen MR) is 67.0 cm³/mol. The zero-order valence-electron chi connectivity index (χ0n) is 9.58. The van der Waals surface area contributed by atoms with Gasteiger partial charge in [-0.3, -0.25) is 0 Å². The molecule has 0 saturated heterocycles. The fraction of sp³-hybridized carbons (Fsp3) is 0.538. The highest BCUT2D eigenvalue weighted by molar-refractivity contribution is 6.30. The quantitative estimate of drug-likeness (QED) is 0.860. The second-order valence-corrected chi connectivity index (χ2v) is 5.01. The molecule has 0 aliphatic heterocycles. The number of hydrogen-bond donors (Lipinski definition) is 1. The fourth-order valence-electron chi connectivity index (χ4n) is 2.17. The van der Waals surface area contributed by atoms with Gasteiger partial charge in [-0.25, -0.2) is 0 Å². The van der Waals surface area contributed by atoms with Gasteiger partial charge in [0, 0.05) is 11.1 Å². The lowest BCUT2D eigenvalue weighted by Crippen LogP contribution is -2.33. The molecule has 0 amide bonds. The number of halogens is 1. The van der Waals surface area contributed by atoms with E-state index >= 15 is 0 Å². The van der Waals surface area contributed by atoms with Crippen LogP contribution in [0.5, 0.6) is 5.75 Å². The van der Waals surface area contributed by atoms with E-state index in [0.29, 0.717) is 6.04 Å². The number of hydrogen-bond acceptors (Lipinski definition) is 2. The van der Waals surface area contributed by atoms with Crippen molar-refractivity contribution < 1.29 is 4.74 Å². The Morgan fingerprint density at radius 1 is 1.38 bits per heavy atom. The Hall–Kier alpha value is -0.730. The van der Waals surface area contributed by atoms with Crippen LogP contribution in [-0.2, 0) is 0 Å². The van der Waals surface area contributed by atoms with E-state index in [9.17, 15) is 0 Å². The highest BCUT2D eigenvalue weighted by Crippen LogP contribution is 2.27. The van der Waals surface area contributed by atoms with Crippen molar-refractivity contribution in [2.75, 3.05) is 0 Å². The molecule has 16 heavy (non-hydrogen) atoms. The molecule has 0 aromatic heterocycles. The standard InChI is InChI=1S/C13H18ClNO/c1-9-5-6-10(14)7-13(9)16-12-4-2-3-11(15)8-12/h5-7,11-12H,2-4,8,15H2,1H3. The van der Waals surface area contributed by atoms with Gasteiger partial charge in [-0.1, -0.05) is 17.7 Å². The minimum atomic E-state index is 0.251. The summed E-state index contributed by atoms with van der Waals surface area (Å²) in [5.74, 6) is 0.895. The Balaban J connectivity index is 2.05. The van der Waals surface area contributed by atoms with Gasteiger partial charge in [0.25, 0.3) is 0 Å². The monoisotopic (exact) mass is 239 g/mol. The molecule has 1 aliphatic rings. The van der Waals surface area contributed by atoms with E-state index in [2.05, 4.69) is 0 Å². The van der Waals surface area contributed by atoms with Crippen LogP contribution < -0.4 is 10.5 Å². The maximum atomic E-state index is 5.97. The molecule has 0 bridgehead atoms. The molecule has 1 aliphatic carbocycles. The Bertz CT molecular complexity index is 367. The largest absolute Gasteiger partial charge is 0.490 e. The first-order valence-electron chi connectivity index (χ1n) is 5.83. The number of ether oxygens (including phenoxy) is 1. The number of rotatable bonds is 2. The van der Waals surface area contributed by atoms with Crippen molar-refractivity contribution in [3.63, 3.8) is 0 Å². The fourth-order valence-corrected chi connectivity index (χ4v) is 2.33. The van der Waals surface area contributed by atoms with Crippen LogP contribution in [0.25, 0.3) is 0 Å². The highest BCUT2D eigenvalue weighted by atomic mass is 35.5. The molecule has 88 valence electrons. The molecule has 0 heterocycles. The lowest BCUT2D eigenvalue weighted by Gasteiger charge is -2.27. The van der Waals surface area contributed by atoms with Crippen molar-refractivity contribution in [2.24, 2.45) is 5.73 Å². The number of nitrogens with two attached hydrogens (primary N) is 1. The first kappa shape index (κ1) is 11.7. The molecule has 1 aromatic rings. The summed E-state index contributed by atoms with van der Waals surface area (Å²) < 4.78 is 5.97. The maximum Gasteiger partial charge on any atom is 0.124 e. The molecule has 2 atom stereocenters. The summed E-state index contributed by atoms with van der Waals surface area (Å²) in [7, 11) is 0. The summed E-state index contributed by atoms with van der Waals surface area (Å²) in [5.41, 5.74) is 7.07. The van der Waals surface area contributed by atoms with Crippen LogP contribution in [-0.4, -0.2) is 12.1 Å². The zero-order valence-corrected chi connectivity index (χ0v) is 10.3. The smallest absolute Gasteiger partial charge is 0.124 e. The van der Waals surface area contributed by atoms with Gasteiger partial charge in [-0.05, 0) is 50.3 Å². The Labute approximate surface area is 102 Å². The van der Waals surface area contributed by atoms with Crippen molar-refractivity contribution in [1.29, 1.82) is 0 Å². The second-order valence-electron chi connectivity index (χ2n) is 4.58. The minimum absolute atomic E-state index is 0.251. The molecule has 2 unspecified atom stereocenters. The summed E-state index contributed by atoms with van der Waals surface area (Å²) in [5, 5.41) is 0.723. The lowest BCUT2D eigenvalue weighted by atomic mass is 9.93. The van der Waals surface area contributed by atoms with Crippen LogP contribution in [0.3, 0.4) is 0 Å². The van der Waals surface area contributed by atoms with Gasteiger partial charge in [-0.2, -0.15) is 0 Å². The third-order valence-electron chi connectivity index (χ3n) is 3.11. The van der Waals surface area contributed by atoms with Crippen molar-refractivity contribution in [3.05, 3.63) is 28.8 Å². The molecule has 0 spiro atoms. The van der Waals surface area contributed by atoms with Crippen molar-refractivity contribution >= 4 is 11.6 Å². The summed E-state index contributed by atoms with van der Waals surface area (Å²) in [6, 6.07) is 6.05. The zero-order chi connectivity index (χ0) is 11.5. The second kappa shape index (κ2) is 5.07. The topological polar surface area (TPSA) is 35.2 Å². The van der Waals surface area contributed by atoms with Crippen molar-refractivity contribution in [3.8, 4) is 5.75 Å².